The Morgan fingerprint density at radius 2 is 2.04 bits per heavy atom. The lowest BCUT2D eigenvalue weighted by Crippen LogP contribution is -2.65. The number of rotatable bonds is 5. The molecule has 1 atom stereocenters. The highest BCUT2D eigenvalue weighted by Gasteiger charge is 2.47. The van der Waals surface area contributed by atoms with E-state index in [-0.39, 0.29) is 17.5 Å². The second-order valence-electron chi connectivity index (χ2n) is 7.09. The van der Waals surface area contributed by atoms with Gasteiger partial charge in [-0.05, 0) is 41.8 Å². The van der Waals surface area contributed by atoms with Gasteiger partial charge in [-0.25, -0.2) is 4.39 Å². The van der Waals surface area contributed by atoms with Gasteiger partial charge in [-0.15, -0.1) is 0 Å². The summed E-state index contributed by atoms with van der Waals surface area (Å²) in [5.74, 6) is -0.175. The second kappa shape index (κ2) is 7.20. The van der Waals surface area contributed by atoms with Crippen molar-refractivity contribution in [2.24, 2.45) is 0 Å². The van der Waals surface area contributed by atoms with Crippen LogP contribution in [0.5, 0.6) is 0 Å². The van der Waals surface area contributed by atoms with Gasteiger partial charge in [-0.3, -0.25) is 9.88 Å². The molecule has 0 N–H and O–H groups in total. The first kappa shape index (κ1) is 16.6. The van der Waals surface area contributed by atoms with E-state index in [1.165, 1.54) is 6.07 Å². The smallest absolute Gasteiger partial charge is 0.123 e. The van der Waals surface area contributed by atoms with E-state index < -0.39 is 0 Å². The van der Waals surface area contributed by atoms with Crippen molar-refractivity contribution in [3.63, 3.8) is 0 Å². The lowest BCUT2D eigenvalue weighted by molar-refractivity contribution is -0.200. The monoisotopic (exact) mass is 342 g/mol. The first-order valence-electron chi connectivity index (χ1n) is 8.82. The standard InChI is InChI=1S/C20H23FN2O2/c21-18-3-1-2-17(10-18)12-23-14-20(15-23)11-19(6-9-25-20)24-13-16-4-7-22-8-5-16/h1-5,7-8,10,19H,6,9,11-15H2. The highest BCUT2D eigenvalue weighted by Crippen LogP contribution is 2.36. The Bertz CT molecular complexity index is 704. The number of halogens is 1. The van der Waals surface area contributed by atoms with Gasteiger partial charge in [-0.2, -0.15) is 0 Å². The fraction of sp³-hybridized carbons (Fsp3) is 0.450. The van der Waals surface area contributed by atoms with Crippen molar-refractivity contribution >= 4 is 0 Å². The molecule has 4 nitrogen and oxygen atoms in total. The predicted molar refractivity (Wildman–Crippen MR) is 92.4 cm³/mol. The summed E-state index contributed by atoms with van der Waals surface area (Å²) in [6.07, 6.45) is 5.69. The minimum atomic E-state index is -0.175. The molecule has 1 spiro atoms. The Hall–Kier alpha value is -1.82. The van der Waals surface area contributed by atoms with Crippen molar-refractivity contribution in [1.82, 2.24) is 9.88 Å². The van der Waals surface area contributed by atoms with E-state index in [1.54, 1.807) is 24.5 Å². The summed E-state index contributed by atoms with van der Waals surface area (Å²) in [5, 5.41) is 0. The van der Waals surface area contributed by atoms with Crippen LogP contribution in [0, 0.1) is 5.82 Å². The average molecular weight is 342 g/mol. The molecule has 0 radical (unpaired) electrons. The molecule has 2 aliphatic rings. The molecule has 2 saturated heterocycles. The largest absolute Gasteiger partial charge is 0.373 e. The topological polar surface area (TPSA) is 34.6 Å². The average Bonchev–Trinajstić information content (AvgIpc) is 2.60. The van der Waals surface area contributed by atoms with E-state index >= 15 is 0 Å². The Morgan fingerprint density at radius 1 is 1.20 bits per heavy atom. The number of benzene rings is 1. The third-order valence-electron chi connectivity index (χ3n) is 5.00. The zero-order valence-electron chi connectivity index (χ0n) is 14.2. The van der Waals surface area contributed by atoms with Crippen LogP contribution >= 0.6 is 0 Å². The van der Waals surface area contributed by atoms with Crippen LogP contribution in [-0.4, -0.2) is 41.3 Å². The van der Waals surface area contributed by atoms with Crippen molar-refractivity contribution in [2.45, 2.75) is 37.7 Å². The summed E-state index contributed by atoms with van der Waals surface area (Å²) in [4.78, 5) is 6.33. The highest BCUT2D eigenvalue weighted by atomic mass is 19.1. The molecule has 2 fully saturated rings. The molecule has 1 aromatic carbocycles. The van der Waals surface area contributed by atoms with Crippen LogP contribution in [0.1, 0.15) is 24.0 Å². The quantitative estimate of drug-likeness (QED) is 0.836. The molecule has 5 heteroatoms. The third-order valence-corrected chi connectivity index (χ3v) is 5.00. The number of pyridine rings is 1. The van der Waals surface area contributed by atoms with Crippen molar-refractivity contribution in [1.29, 1.82) is 0 Å². The predicted octanol–water partition coefficient (Wildman–Crippen LogP) is 3.17. The Balaban J connectivity index is 1.27. The molecule has 0 aliphatic carbocycles. The van der Waals surface area contributed by atoms with Crippen LogP contribution in [0.2, 0.25) is 0 Å². The zero-order valence-corrected chi connectivity index (χ0v) is 14.2. The Kier molecular flexibility index (Phi) is 4.79. The summed E-state index contributed by atoms with van der Waals surface area (Å²) in [5.41, 5.74) is 2.07. The Labute approximate surface area is 147 Å². The molecule has 0 bridgehead atoms. The number of hydrogen-bond acceptors (Lipinski definition) is 4. The molecule has 25 heavy (non-hydrogen) atoms. The van der Waals surface area contributed by atoms with Crippen LogP contribution in [0.3, 0.4) is 0 Å². The molecule has 2 aromatic rings. The second-order valence-corrected chi connectivity index (χ2v) is 7.09. The molecular formula is C20H23FN2O2. The van der Waals surface area contributed by atoms with E-state index in [0.29, 0.717) is 6.61 Å². The van der Waals surface area contributed by atoms with Gasteiger partial charge in [0.25, 0.3) is 0 Å². The van der Waals surface area contributed by atoms with Crippen LogP contribution < -0.4 is 0 Å². The summed E-state index contributed by atoms with van der Waals surface area (Å²) in [7, 11) is 0. The van der Waals surface area contributed by atoms with Crippen LogP contribution in [0.4, 0.5) is 4.39 Å². The number of hydrogen-bond donors (Lipinski definition) is 0. The van der Waals surface area contributed by atoms with Gasteiger partial charge in [0.15, 0.2) is 0 Å². The maximum Gasteiger partial charge on any atom is 0.123 e. The van der Waals surface area contributed by atoms with E-state index in [1.807, 2.05) is 18.2 Å². The highest BCUT2D eigenvalue weighted by molar-refractivity contribution is 5.17. The van der Waals surface area contributed by atoms with Crippen molar-refractivity contribution < 1.29 is 13.9 Å². The third kappa shape index (κ3) is 4.06. The van der Waals surface area contributed by atoms with Gasteiger partial charge < -0.3 is 9.47 Å². The van der Waals surface area contributed by atoms with Gasteiger partial charge in [0.2, 0.25) is 0 Å². The first-order chi connectivity index (χ1) is 12.2. The van der Waals surface area contributed by atoms with Crippen LogP contribution in [0.25, 0.3) is 0 Å². The lowest BCUT2D eigenvalue weighted by atomic mass is 9.84. The zero-order chi connectivity index (χ0) is 17.1. The summed E-state index contributed by atoms with van der Waals surface area (Å²) in [6, 6.07) is 10.8. The minimum absolute atomic E-state index is 0.0888. The van der Waals surface area contributed by atoms with Crippen molar-refractivity contribution in [3.05, 3.63) is 65.7 Å². The maximum atomic E-state index is 13.3. The van der Waals surface area contributed by atoms with Gasteiger partial charge in [0.1, 0.15) is 5.82 Å². The fourth-order valence-corrected chi connectivity index (χ4v) is 3.81. The van der Waals surface area contributed by atoms with Crippen LogP contribution in [-0.2, 0) is 22.6 Å². The molecule has 1 unspecified atom stereocenters. The molecule has 2 aliphatic heterocycles. The lowest BCUT2D eigenvalue weighted by Gasteiger charge is -2.53. The normalized spacial score (nSPS) is 22.7. The molecule has 132 valence electrons. The first-order valence-corrected chi connectivity index (χ1v) is 8.82. The van der Waals surface area contributed by atoms with E-state index in [4.69, 9.17) is 9.47 Å². The van der Waals surface area contributed by atoms with Crippen LogP contribution in [0.15, 0.2) is 48.8 Å². The van der Waals surface area contributed by atoms with E-state index in [0.717, 1.165) is 50.2 Å². The van der Waals surface area contributed by atoms with Gasteiger partial charge in [-0.1, -0.05) is 12.1 Å². The summed E-state index contributed by atoms with van der Waals surface area (Å²) < 4.78 is 25.5. The van der Waals surface area contributed by atoms with Crippen molar-refractivity contribution in [2.75, 3.05) is 19.7 Å². The summed E-state index contributed by atoms with van der Waals surface area (Å²) >= 11 is 0. The number of nitrogens with zero attached hydrogens (tertiary/aromatic N) is 2. The van der Waals surface area contributed by atoms with E-state index in [9.17, 15) is 4.39 Å². The van der Waals surface area contributed by atoms with Gasteiger partial charge in [0.05, 0.1) is 18.3 Å². The molecular weight excluding hydrogens is 319 g/mol. The number of ether oxygens (including phenoxy) is 2. The molecule has 0 amide bonds. The maximum absolute atomic E-state index is 13.3. The van der Waals surface area contributed by atoms with Gasteiger partial charge >= 0.3 is 0 Å². The molecule has 1 aromatic heterocycles. The molecule has 4 rings (SSSR count). The SMILES string of the molecule is Fc1cccc(CN2CC3(CC(OCc4ccncc4)CCO3)C2)c1. The number of likely N-dealkylation sites (tertiary alicyclic amines) is 1. The van der Waals surface area contributed by atoms with Gasteiger partial charge in [0, 0.05) is 45.1 Å². The minimum Gasteiger partial charge on any atom is -0.373 e. The molecule has 0 saturated carbocycles. The van der Waals surface area contributed by atoms with E-state index in [2.05, 4.69) is 9.88 Å². The summed E-state index contributed by atoms with van der Waals surface area (Å²) in [6.45, 7) is 3.91. The fourth-order valence-electron chi connectivity index (χ4n) is 3.81. The number of aromatic nitrogens is 1. The molecule has 3 heterocycles. The van der Waals surface area contributed by atoms with Crippen molar-refractivity contribution in [3.8, 4) is 0 Å². The Morgan fingerprint density at radius 3 is 2.84 bits per heavy atom.